The van der Waals surface area contributed by atoms with Gasteiger partial charge >= 0.3 is 0 Å². The van der Waals surface area contributed by atoms with Crippen LogP contribution in [0.25, 0.3) is 0 Å². The average Bonchev–Trinajstić information content (AvgIpc) is 2.91. The van der Waals surface area contributed by atoms with Crippen LogP contribution in [0.4, 0.5) is 5.69 Å². The van der Waals surface area contributed by atoms with Gasteiger partial charge in [0.25, 0.3) is 0 Å². The zero-order valence-corrected chi connectivity index (χ0v) is 14.1. The van der Waals surface area contributed by atoms with Crippen LogP contribution in [-0.2, 0) is 26.5 Å². The summed E-state index contributed by atoms with van der Waals surface area (Å²) in [5.41, 5.74) is 1.76. The van der Waals surface area contributed by atoms with Crippen molar-refractivity contribution < 1.29 is 16.8 Å². The van der Waals surface area contributed by atoms with Crippen LogP contribution in [0.15, 0.2) is 24.3 Å². The summed E-state index contributed by atoms with van der Waals surface area (Å²) in [6.07, 6.45) is 2.92. The van der Waals surface area contributed by atoms with E-state index in [1.165, 1.54) is 8.61 Å². The van der Waals surface area contributed by atoms with Crippen molar-refractivity contribution in [2.24, 2.45) is 0 Å². The quantitative estimate of drug-likeness (QED) is 0.813. The SMILES string of the molecule is CS(=O)(=O)N1CCC[C@H](S(=O)(=O)N2CCc3ccccc32)C1. The minimum Gasteiger partial charge on any atom is -0.269 e. The molecule has 22 heavy (non-hydrogen) atoms. The smallest absolute Gasteiger partial charge is 0.239 e. The molecule has 0 aliphatic carbocycles. The molecule has 6 nitrogen and oxygen atoms in total. The van der Waals surface area contributed by atoms with Crippen molar-refractivity contribution in [2.75, 3.05) is 30.2 Å². The molecule has 1 saturated heterocycles. The lowest BCUT2D eigenvalue weighted by molar-refractivity contribution is 0.348. The summed E-state index contributed by atoms with van der Waals surface area (Å²) in [5, 5.41) is -0.665. The molecule has 2 aliphatic rings. The highest BCUT2D eigenvalue weighted by molar-refractivity contribution is 7.93. The van der Waals surface area contributed by atoms with E-state index in [9.17, 15) is 16.8 Å². The van der Waals surface area contributed by atoms with Crippen LogP contribution in [0.3, 0.4) is 0 Å². The Labute approximate surface area is 131 Å². The van der Waals surface area contributed by atoms with E-state index in [0.717, 1.165) is 17.5 Å². The fraction of sp³-hybridized carbons (Fsp3) is 0.571. The summed E-state index contributed by atoms with van der Waals surface area (Å²) in [4.78, 5) is 0. The molecule has 1 aromatic carbocycles. The Morgan fingerprint density at radius 3 is 2.55 bits per heavy atom. The molecular weight excluding hydrogens is 324 g/mol. The van der Waals surface area contributed by atoms with Crippen molar-refractivity contribution >= 4 is 25.7 Å². The molecule has 0 amide bonds. The van der Waals surface area contributed by atoms with Gasteiger partial charge in [-0.15, -0.1) is 0 Å². The molecule has 0 N–H and O–H groups in total. The van der Waals surface area contributed by atoms with Crippen LogP contribution >= 0.6 is 0 Å². The average molecular weight is 344 g/mol. The fourth-order valence-electron chi connectivity index (χ4n) is 3.20. The van der Waals surface area contributed by atoms with Gasteiger partial charge in [0.1, 0.15) is 0 Å². The Morgan fingerprint density at radius 2 is 1.82 bits per heavy atom. The lowest BCUT2D eigenvalue weighted by atomic mass is 10.2. The summed E-state index contributed by atoms with van der Waals surface area (Å²) >= 11 is 0. The van der Waals surface area contributed by atoms with Crippen molar-refractivity contribution in [1.82, 2.24) is 4.31 Å². The highest BCUT2D eigenvalue weighted by Gasteiger charge is 2.39. The Bertz CT molecular complexity index is 774. The molecule has 1 atom stereocenters. The molecule has 0 aromatic heterocycles. The molecule has 2 heterocycles. The Balaban J connectivity index is 1.88. The van der Waals surface area contributed by atoms with Crippen LogP contribution in [0.2, 0.25) is 0 Å². The second-order valence-electron chi connectivity index (χ2n) is 5.88. The number of benzene rings is 1. The molecule has 1 aromatic rings. The minimum atomic E-state index is -3.54. The van der Waals surface area contributed by atoms with Crippen LogP contribution in [0.1, 0.15) is 18.4 Å². The third kappa shape index (κ3) is 2.75. The standard InChI is InChI=1S/C14H20N2O4S2/c1-21(17,18)15-9-4-6-13(11-15)22(19,20)16-10-8-12-5-2-3-7-14(12)16/h2-3,5,7,13H,4,6,8-11H2,1H3/t13-/m0/s1. The zero-order valence-electron chi connectivity index (χ0n) is 12.5. The lowest BCUT2D eigenvalue weighted by Gasteiger charge is -2.33. The fourth-order valence-corrected chi connectivity index (χ4v) is 6.20. The van der Waals surface area contributed by atoms with Crippen LogP contribution < -0.4 is 4.31 Å². The van der Waals surface area contributed by atoms with Crippen molar-refractivity contribution in [2.45, 2.75) is 24.5 Å². The third-order valence-electron chi connectivity index (χ3n) is 4.38. The molecule has 2 aliphatic heterocycles. The maximum atomic E-state index is 12.9. The number of sulfonamides is 2. The summed E-state index contributed by atoms with van der Waals surface area (Å²) in [6.45, 7) is 0.901. The number of rotatable bonds is 3. The van der Waals surface area contributed by atoms with E-state index in [4.69, 9.17) is 0 Å². The highest BCUT2D eigenvalue weighted by Crippen LogP contribution is 2.33. The summed E-state index contributed by atoms with van der Waals surface area (Å²) in [5.74, 6) is 0. The topological polar surface area (TPSA) is 74.8 Å². The van der Waals surface area contributed by atoms with Gasteiger partial charge < -0.3 is 0 Å². The first kappa shape index (κ1) is 15.8. The minimum absolute atomic E-state index is 0.0554. The van der Waals surface area contributed by atoms with E-state index < -0.39 is 25.3 Å². The number of fused-ring (bicyclic) bond motifs is 1. The van der Waals surface area contributed by atoms with Gasteiger partial charge in [0, 0.05) is 19.6 Å². The van der Waals surface area contributed by atoms with Crippen LogP contribution in [0.5, 0.6) is 0 Å². The van der Waals surface area contributed by atoms with Crippen molar-refractivity contribution in [3.05, 3.63) is 29.8 Å². The first-order valence-corrected chi connectivity index (χ1v) is 10.7. The number of nitrogens with zero attached hydrogens (tertiary/aromatic N) is 2. The number of anilines is 1. The molecule has 0 unspecified atom stereocenters. The van der Waals surface area contributed by atoms with Crippen molar-refractivity contribution in [3.8, 4) is 0 Å². The second-order valence-corrected chi connectivity index (χ2v) is 10.0. The summed E-state index contributed by atoms with van der Waals surface area (Å²) < 4.78 is 52.0. The van der Waals surface area contributed by atoms with Gasteiger partial charge in [-0.05, 0) is 30.9 Å². The second kappa shape index (κ2) is 5.50. The maximum Gasteiger partial charge on any atom is 0.239 e. The number of hydrogen-bond donors (Lipinski definition) is 0. The van der Waals surface area contributed by atoms with Crippen molar-refractivity contribution in [1.29, 1.82) is 0 Å². The molecule has 0 saturated carbocycles. The van der Waals surface area contributed by atoms with Gasteiger partial charge in [-0.3, -0.25) is 4.31 Å². The Kier molecular flexibility index (Phi) is 3.94. The van der Waals surface area contributed by atoms with Gasteiger partial charge in [-0.1, -0.05) is 18.2 Å². The van der Waals surface area contributed by atoms with E-state index in [2.05, 4.69) is 0 Å². The highest BCUT2D eigenvalue weighted by atomic mass is 32.2. The van der Waals surface area contributed by atoms with Gasteiger partial charge in [0.05, 0.1) is 17.2 Å². The number of piperidine rings is 1. The molecule has 0 radical (unpaired) electrons. The number of hydrogen-bond acceptors (Lipinski definition) is 4. The first-order chi connectivity index (χ1) is 10.3. The van der Waals surface area contributed by atoms with Gasteiger partial charge in [0.15, 0.2) is 0 Å². The maximum absolute atomic E-state index is 12.9. The molecule has 0 bridgehead atoms. The largest absolute Gasteiger partial charge is 0.269 e. The molecule has 1 fully saturated rings. The Morgan fingerprint density at radius 1 is 1.09 bits per heavy atom. The van der Waals surface area contributed by atoms with Gasteiger partial charge in [-0.2, -0.15) is 0 Å². The van der Waals surface area contributed by atoms with E-state index in [-0.39, 0.29) is 6.54 Å². The molecule has 0 spiro atoms. The summed E-state index contributed by atoms with van der Waals surface area (Å²) in [6, 6.07) is 7.49. The van der Waals surface area contributed by atoms with Crippen LogP contribution in [0, 0.1) is 0 Å². The van der Waals surface area contributed by atoms with E-state index in [0.29, 0.717) is 32.4 Å². The molecular formula is C14H20N2O4S2. The van der Waals surface area contributed by atoms with Crippen LogP contribution in [-0.4, -0.2) is 52.3 Å². The number of para-hydroxylation sites is 1. The third-order valence-corrected chi connectivity index (χ3v) is 7.87. The Hall–Kier alpha value is -1.12. The molecule has 8 heteroatoms. The lowest BCUT2D eigenvalue weighted by Crippen LogP contribution is -2.49. The predicted molar refractivity (Wildman–Crippen MR) is 85.9 cm³/mol. The van der Waals surface area contributed by atoms with Gasteiger partial charge in [0.2, 0.25) is 20.0 Å². The van der Waals surface area contributed by atoms with E-state index >= 15 is 0 Å². The van der Waals surface area contributed by atoms with Gasteiger partial charge in [-0.25, -0.2) is 21.1 Å². The molecule has 122 valence electrons. The van der Waals surface area contributed by atoms with Crippen molar-refractivity contribution in [3.63, 3.8) is 0 Å². The first-order valence-electron chi connectivity index (χ1n) is 7.35. The predicted octanol–water partition coefficient (Wildman–Crippen LogP) is 0.803. The zero-order chi connectivity index (χ0) is 16.0. The monoisotopic (exact) mass is 344 g/mol. The summed E-state index contributed by atoms with van der Waals surface area (Å²) in [7, 11) is -6.89. The van der Waals surface area contributed by atoms with E-state index in [1.54, 1.807) is 0 Å². The van der Waals surface area contributed by atoms with E-state index in [1.807, 2.05) is 24.3 Å². The molecule has 3 rings (SSSR count). The normalized spacial score (nSPS) is 23.5.